The Morgan fingerprint density at radius 1 is 1.16 bits per heavy atom. The van der Waals surface area contributed by atoms with Crippen LogP contribution in [0.25, 0.3) is 0 Å². The number of rotatable bonds is 9. The fourth-order valence-corrected chi connectivity index (χ4v) is 4.09. The molecule has 0 saturated carbocycles. The third-order valence-electron chi connectivity index (χ3n) is 5.94. The van der Waals surface area contributed by atoms with Gasteiger partial charge in [-0.25, -0.2) is 0 Å². The first-order valence-electron chi connectivity index (χ1n) is 10.7. The summed E-state index contributed by atoms with van der Waals surface area (Å²) >= 11 is 0. The van der Waals surface area contributed by atoms with E-state index in [0.29, 0.717) is 42.4 Å². The lowest BCUT2D eigenvalue weighted by Gasteiger charge is -2.35. The molecule has 0 aliphatic carbocycles. The van der Waals surface area contributed by atoms with E-state index < -0.39 is 12.0 Å². The van der Waals surface area contributed by atoms with Crippen molar-refractivity contribution < 1.29 is 19.4 Å². The third-order valence-corrected chi connectivity index (χ3v) is 5.94. The predicted octanol–water partition coefficient (Wildman–Crippen LogP) is 3.24. The SMILES string of the molecule is COc1ccc(C(C(=O)O)N2CCC(CCC(=O)Nc3ccc(C(=N)N)cc3)CC2)cc1. The first-order chi connectivity index (χ1) is 15.4. The minimum absolute atomic E-state index is 0.00801. The van der Waals surface area contributed by atoms with Crippen molar-refractivity contribution in [2.45, 2.75) is 31.7 Å². The van der Waals surface area contributed by atoms with E-state index in [-0.39, 0.29) is 11.7 Å². The van der Waals surface area contributed by atoms with Gasteiger partial charge in [-0.2, -0.15) is 0 Å². The maximum atomic E-state index is 12.3. The number of methoxy groups -OCH3 is 1. The molecule has 5 N–H and O–H groups in total. The number of hydrogen-bond acceptors (Lipinski definition) is 5. The van der Waals surface area contributed by atoms with Gasteiger partial charge in [-0.05, 0) is 80.2 Å². The summed E-state index contributed by atoms with van der Waals surface area (Å²) in [4.78, 5) is 26.2. The van der Waals surface area contributed by atoms with Gasteiger partial charge in [0.1, 0.15) is 17.6 Å². The molecule has 0 aromatic heterocycles. The number of carboxylic acid groups (broad SMARTS) is 1. The van der Waals surface area contributed by atoms with Gasteiger partial charge in [-0.1, -0.05) is 12.1 Å². The Balaban J connectivity index is 1.47. The Bertz CT molecular complexity index is 935. The maximum Gasteiger partial charge on any atom is 0.325 e. The summed E-state index contributed by atoms with van der Waals surface area (Å²) in [6, 6.07) is 13.4. The molecule has 0 spiro atoms. The number of amides is 1. The maximum absolute atomic E-state index is 12.3. The van der Waals surface area contributed by atoms with Crippen molar-refractivity contribution in [3.8, 4) is 5.75 Å². The summed E-state index contributed by atoms with van der Waals surface area (Å²) < 4.78 is 5.16. The number of likely N-dealkylation sites (tertiary alicyclic amines) is 1. The van der Waals surface area contributed by atoms with E-state index in [1.54, 1.807) is 55.6 Å². The summed E-state index contributed by atoms with van der Waals surface area (Å²) in [5, 5.41) is 20.1. The van der Waals surface area contributed by atoms with Crippen LogP contribution >= 0.6 is 0 Å². The van der Waals surface area contributed by atoms with Crippen LogP contribution in [-0.2, 0) is 9.59 Å². The van der Waals surface area contributed by atoms with E-state index in [1.165, 1.54) is 0 Å². The lowest BCUT2D eigenvalue weighted by molar-refractivity contribution is -0.144. The largest absolute Gasteiger partial charge is 0.497 e. The molecular weight excluding hydrogens is 408 g/mol. The average Bonchev–Trinajstić information content (AvgIpc) is 2.79. The number of amidine groups is 1. The molecule has 1 amide bonds. The Labute approximate surface area is 187 Å². The highest BCUT2D eigenvalue weighted by atomic mass is 16.5. The Kier molecular flexibility index (Phi) is 7.83. The monoisotopic (exact) mass is 438 g/mol. The molecule has 170 valence electrons. The second kappa shape index (κ2) is 10.8. The molecule has 32 heavy (non-hydrogen) atoms. The lowest BCUT2D eigenvalue weighted by atomic mass is 9.90. The number of carbonyl (C=O) groups is 2. The molecule has 0 radical (unpaired) electrons. The Morgan fingerprint density at radius 3 is 2.31 bits per heavy atom. The first-order valence-corrected chi connectivity index (χ1v) is 10.7. The highest BCUT2D eigenvalue weighted by Gasteiger charge is 2.31. The second-order valence-corrected chi connectivity index (χ2v) is 8.07. The van der Waals surface area contributed by atoms with Crippen LogP contribution in [0.4, 0.5) is 5.69 Å². The van der Waals surface area contributed by atoms with Crippen LogP contribution in [0, 0.1) is 11.3 Å². The number of anilines is 1. The van der Waals surface area contributed by atoms with Crippen molar-refractivity contribution in [3.63, 3.8) is 0 Å². The van der Waals surface area contributed by atoms with Crippen LogP contribution in [0.2, 0.25) is 0 Å². The topological polar surface area (TPSA) is 129 Å². The number of nitrogen functional groups attached to an aromatic ring is 1. The number of nitrogens with one attached hydrogen (secondary N) is 2. The summed E-state index contributed by atoms with van der Waals surface area (Å²) in [6.07, 6.45) is 2.91. The van der Waals surface area contributed by atoms with Gasteiger partial charge in [0.15, 0.2) is 0 Å². The quantitative estimate of drug-likeness (QED) is 0.351. The molecule has 1 unspecified atom stereocenters. The molecule has 1 atom stereocenters. The van der Waals surface area contributed by atoms with Crippen LogP contribution in [0.15, 0.2) is 48.5 Å². The summed E-state index contributed by atoms with van der Waals surface area (Å²) in [5.74, 6) is 0.173. The van der Waals surface area contributed by atoms with E-state index in [9.17, 15) is 14.7 Å². The predicted molar refractivity (Wildman–Crippen MR) is 123 cm³/mol. The number of carbonyl (C=O) groups excluding carboxylic acids is 1. The van der Waals surface area contributed by atoms with Gasteiger partial charge in [0.25, 0.3) is 0 Å². The van der Waals surface area contributed by atoms with Crippen molar-refractivity contribution in [1.82, 2.24) is 4.90 Å². The Morgan fingerprint density at radius 2 is 1.78 bits per heavy atom. The molecule has 2 aromatic rings. The molecule has 2 aromatic carbocycles. The van der Waals surface area contributed by atoms with E-state index in [2.05, 4.69) is 5.32 Å². The molecule has 8 nitrogen and oxygen atoms in total. The number of ether oxygens (including phenoxy) is 1. The summed E-state index contributed by atoms with van der Waals surface area (Å²) in [6.45, 7) is 1.36. The molecule has 1 fully saturated rings. The minimum atomic E-state index is -0.858. The van der Waals surface area contributed by atoms with Gasteiger partial charge < -0.3 is 20.9 Å². The lowest BCUT2D eigenvalue weighted by Crippen LogP contribution is -2.40. The molecule has 0 bridgehead atoms. The van der Waals surface area contributed by atoms with Gasteiger partial charge in [-0.3, -0.25) is 19.9 Å². The molecule has 1 aliphatic heterocycles. The van der Waals surface area contributed by atoms with Crippen LogP contribution in [0.3, 0.4) is 0 Å². The molecule has 1 saturated heterocycles. The van der Waals surface area contributed by atoms with Gasteiger partial charge in [0, 0.05) is 17.7 Å². The smallest absolute Gasteiger partial charge is 0.325 e. The van der Waals surface area contributed by atoms with Gasteiger partial charge in [0.2, 0.25) is 5.91 Å². The molecule has 8 heteroatoms. The Hall–Kier alpha value is -3.39. The minimum Gasteiger partial charge on any atom is -0.497 e. The van der Waals surface area contributed by atoms with Crippen LogP contribution < -0.4 is 15.8 Å². The number of nitrogens with zero attached hydrogens (tertiary/aromatic N) is 1. The van der Waals surface area contributed by atoms with Crippen LogP contribution in [0.5, 0.6) is 5.75 Å². The number of aliphatic carboxylic acids is 1. The standard InChI is InChI=1S/C24H30N4O4/c1-32-20-9-5-17(6-10-20)22(24(30)31)28-14-12-16(13-15-28)2-11-21(29)27-19-7-3-18(4-8-19)23(25)26/h3-10,16,22H,2,11-15H2,1H3,(H3,25,26)(H,27,29)(H,30,31). The zero-order valence-electron chi connectivity index (χ0n) is 18.2. The normalized spacial score (nSPS) is 15.7. The number of hydrogen-bond donors (Lipinski definition) is 4. The van der Waals surface area contributed by atoms with Crippen molar-refractivity contribution in [1.29, 1.82) is 5.41 Å². The molecule has 1 heterocycles. The highest BCUT2D eigenvalue weighted by Crippen LogP contribution is 2.30. The second-order valence-electron chi connectivity index (χ2n) is 8.07. The zero-order chi connectivity index (χ0) is 23.1. The van der Waals surface area contributed by atoms with E-state index >= 15 is 0 Å². The zero-order valence-corrected chi connectivity index (χ0v) is 18.2. The molecule has 3 rings (SSSR count). The van der Waals surface area contributed by atoms with Gasteiger partial charge in [-0.15, -0.1) is 0 Å². The third kappa shape index (κ3) is 6.07. The average molecular weight is 439 g/mol. The van der Waals surface area contributed by atoms with Gasteiger partial charge >= 0.3 is 5.97 Å². The van der Waals surface area contributed by atoms with Crippen LogP contribution in [0.1, 0.15) is 42.9 Å². The van der Waals surface area contributed by atoms with Crippen molar-refractivity contribution in [2.24, 2.45) is 11.7 Å². The van der Waals surface area contributed by atoms with E-state index in [0.717, 1.165) is 24.8 Å². The number of nitrogens with two attached hydrogens (primary N) is 1. The van der Waals surface area contributed by atoms with Crippen molar-refractivity contribution in [2.75, 3.05) is 25.5 Å². The van der Waals surface area contributed by atoms with Gasteiger partial charge in [0.05, 0.1) is 7.11 Å². The fourth-order valence-electron chi connectivity index (χ4n) is 4.09. The van der Waals surface area contributed by atoms with Crippen molar-refractivity contribution >= 4 is 23.4 Å². The number of benzene rings is 2. The van der Waals surface area contributed by atoms with Crippen LogP contribution in [-0.4, -0.2) is 47.9 Å². The summed E-state index contributed by atoms with van der Waals surface area (Å²) in [5.41, 5.74) is 7.48. The fraction of sp³-hybridized carbons (Fsp3) is 0.375. The number of carboxylic acids is 1. The van der Waals surface area contributed by atoms with E-state index in [1.807, 2.05) is 4.90 Å². The van der Waals surface area contributed by atoms with E-state index in [4.69, 9.17) is 15.9 Å². The number of piperidine rings is 1. The van der Waals surface area contributed by atoms with Crippen molar-refractivity contribution in [3.05, 3.63) is 59.7 Å². The first kappa shape index (κ1) is 23.3. The summed E-state index contributed by atoms with van der Waals surface area (Å²) in [7, 11) is 1.58. The highest BCUT2D eigenvalue weighted by molar-refractivity contribution is 5.96. The molecular formula is C24H30N4O4. The molecule has 1 aliphatic rings.